The lowest BCUT2D eigenvalue weighted by molar-refractivity contribution is 0.0338. The SMILES string of the molecule is CCOc1ncccc1-c1ccc(C(=O)N(C)CCN2CCOCC2)c2ccccc12. The third-order valence-corrected chi connectivity index (χ3v) is 5.70. The normalized spacial score (nSPS) is 14.5. The standard InChI is InChI=1S/C25H29N3O3/c1-3-31-24-22(9-6-12-26-24)21-10-11-23(20-8-5-4-7-19(20)21)25(29)27(2)13-14-28-15-17-30-18-16-28/h4-12H,3,13-18H2,1-2H3. The van der Waals surface area contributed by atoms with Crippen molar-refractivity contribution in [3.8, 4) is 17.0 Å². The minimum Gasteiger partial charge on any atom is -0.478 e. The fourth-order valence-corrected chi connectivity index (χ4v) is 3.99. The Hall–Kier alpha value is -2.96. The molecular weight excluding hydrogens is 390 g/mol. The number of amides is 1. The van der Waals surface area contributed by atoms with Crippen LogP contribution in [0, 0.1) is 0 Å². The van der Waals surface area contributed by atoms with E-state index in [-0.39, 0.29) is 5.91 Å². The molecule has 6 nitrogen and oxygen atoms in total. The van der Waals surface area contributed by atoms with Crippen LogP contribution in [0.4, 0.5) is 0 Å². The van der Waals surface area contributed by atoms with Gasteiger partial charge in [-0.1, -0.05) is 30.3 Å². The number of benzene rings is 2. The zero-order valence-electron chi connectivity index (χ0n) is 18.2. The summed E-state index contributed by atoms with van der Waals surface area (Å²) in [6.45, 7) is 7.42. The molecule has 0 bridgehead atoms. The average Bonchev–Trinajstić information content (AvgIpc) is 2.83. The predicted octanol–water partition coefficient (Wildman–Crippen LogP) is 3.70. The van der Waals surface area contributed by atoms with Crippen molar-refractivity contribution in [1.29, 1.82) is 0 Å². The van der Waals surface area contributed by atoms with Gasteiger partial charge in [0.2, 0.25) is 5.88 Å². The Morgan fingerprint density at radius 1 is 1.06 bits per heavy atom. The molecule has 0 unspecified atom stereocenters. The largest absolute Gasteiger partial charge is 0.478 e. The van der Waals surface area contributed by atoms with Crippen molar-refractivity contribution in [3.63, 3.8) is 0 Å². The van der Waals surface area contributed by atoms with Gasteiger partial charge in [0.25, 0.3) is 5.91 Å². The van der Waals surface area contributed by atoms with Gasteiger partial charge < -0.3 is 14.4 Å². The number of likely N-dealkylation sites (N-methyl/N-ethyl adjacent to an activating group) is 1. The monoisotopic (exact) mass is 419 g/mol. The van der Waals surface area contributed by atoms with Gasteiger partial charge in [0.1, 0.15) is 0 Å². The number of fused-ring (bicyclic) bond motifs is 1. The summed E-state index contributed by atoms with van der Waals surface area (Å²) in [6.07, 6.45) is 1.73. The fraction of sp³-hybridized carbons (Fsp3) is 0.360. The molecule has 31 heavy (non-hydrogen) atoms. The van der Waals surface area contributed by atoms with Crippen LogP contribution in [0.25, 0.3) is 21.9 Å². The molecule has 2 heterocycles. The van der Waals surface area contributed by atoms with Gasteiger partial charge in [-0.05, 0) is 41.5 Å². The molecular formula is C25H29N3O3. The summed E-state index contributed by atoms with van der Waals surface area (Å²) in [5.41, 5.74) is 2.66. The van der Waals surface area contributed by atoms with E-state index in [1.54, 1.807) is 6.20 Å². The van der Waals surface area contributed by atoms with Gasteiger partial charge in [-0.3, -0.25) is 9.69 Å². The maximum atomic E-state index is 13.3. The average molecular weight is 420 g/mol. The second kappa shape index (κ2) is 9.90. The Labute approximate surface area is 183 Å². The van der Waals surface area contributed by atoms with Crippen molar-refractivity contribution < 1.29 is 14.3 Å². The van der Waals surface area contributed by atoms with Crippen LogP contribution in [0.1, 0.15) is 17.3 Å². The van der Waals surface area contributed by atoms with Crippen molar-refractivity contribution in [3.05, 3.63) is 60.3 Å². The van der Waals surface area contributed by atoms with E-state index in [1.807, 2.05) is 61.3 Å². The minimum absolute atomic E-state index is 0.0345. The summed E-state index contributed by atoms with van der Waals surface area (Å²) < 4.78 is 11.2. The summed E-state index contributed by atoms with van der Waals surface area (Å²) in [6, 6.07) is 15.9. The first-order valence-electron chi connectivity index (χ1n) is 10.8. The van der Waals surface area contributed by atoms with Gasteiger partial charge in [0, 0.05) is 50.6 Å². The quantitative estimate of drug-likeness (QED) is 0.584. The number of rotatable bonds is 7. The van der Waals surface area contributed by atoms with Gasteiger partial charge in [0.05, 0.1) is 19.8 Å². The van der Waals surface area contributed by atoms with Gasteiger partial charge in [-0.2, -0.15) is 0 Å². The zero-order valence-corrected chi connectivity index (χ0v) is 18.2. The van der Waals surface area contributed by atoms with Crippen molar-refractivity contribution in [2.75, 3.05) is 53.0 Å². The van der Waals surface area contributed by atoms with Crippen LogP contribution < -0.4 is 4.74 Å². The Morgan fingerprint density at radius 3 is 2.61 bits per heavy atom. The van der Waals surface area contributed by atoms with Crippen molar-refractivity contribution in [2.45, 2.75) is 6.92 Å². The highest BCUT2D eigenvalue weighted by Crippen LogP contribution is 2.35. The zero-order chi connectivity index (χ0) is 21.6. The molecule has 0 atom stereocenters. The number of nitrogens with zero attached hydrogens (tertiary/aromatic N) is 3. The van der Waals surface area contributed by atoms with E-state index in [1.165, 1.54) is 0 Å². The van der Waals surface area contributed by atoms with Crippen molar-refractivity contribution in [1.82, 2.24) is 14.8 Å². The molecule has 6 heteroatoms. The summed E-state index contributed by atoms with van der Waals surface area (Å²) in [5.74, 6) is 0.643. The highest BCUT2D eigenvalue weighted by molar-refractivity contribution is 6.11. The van der Waals surface area contributed by atoms with E-state index in [2.05, 4.69) is 16.0 Å². The first kappa shape index (κ1) is 21.3. The van der Waals surface area contributed by atoms with Gasteiger partial charge in [-0.25, -0.2) is 4.98 Å². The van der Waals surface area contributed by atoms with E-state index in [0.717, 1.165) is 54.7 Å². The molecule has 1 aromatic heterocycles. The third-order valence-electron chi connectivity index (χ3n) is 5.70. The number of pyridine rings is 1. The van der Waals surface area contributed by atoms with E-state index < -0.39 is 0 Å². The predicted molar refractivity (Wildman–Crippen MR) is 123 cm³/mol. The molecule has 0 radical (unpaired) electrons. The van der Waals surface area contributed by atoms with Gasteiger partial charge in [0.15, 0.2) is 0 Å². The van der Waals surface area contributed by atoms with E-state index in [4.69, 9.17) is 9.47 Å². The van der Waals surface area contributed by atoms with Crippen LogP contribution in [0.2, 0.25) is 0 Å². The molecule has 162 valence electrons. The van der Waals surface area contributed by atoms with Crippen LogP contribution in [0.5, 0.6) is 5.88 Å². The molecule has 3 aromatic rings. The molecule has 2 aromatic carbocycles. The lowest BCUT2D eigenvalue weighted by atomic mass is 9.95. The lowest BCUT2D eigenvalue weighted by Crippen LogP contribution is -2.41. The lowest BCUT2D eigenvalue weighted by Gasteiger charge is -2.28. The number of morpholine rings is 1. The maximum absolute atomic E-state index is 13.3. The van der Waals surface area contributed by atoms with Crippen molar-refractivity contribution in [2.24, 2.45) is 0 Å². The van der Waals surface area contributed by atoms with E-state index in [0.29, 0.717) is 24.6 Å². The topological polar surface area (TPSA) is 54.9 Å². The maximum Gasteiger partial charge on any atom is 0.254 e. The third kappa shape index (κ3) is 4.70. The smallest absolute Gasteiger partial charge is 0.254 e. The summed E-state index contributed by atoms with van der Waals surface area (Å²) >= 11 is 0. The fourth-order valence-electron chi connectivity index (χ4n) is 3.99. The number of carbonyl (C=O) groups excluding carboxylic acids is 1. The summed E-state index contributed by atoms with van der Waals surface area (Å²) in [4.78, 5) is 21.8. The van der Waals surface area contributed by atoms with Crippen LogP contribution in [-0.4, -0.2) is 73.7 Å². The Bertz CT molecular complexity index is 1050. The molecule has 4 rings (SSSR count). The summed E-state index contributed by atoms with van der Waals surface area (Å²) in [7, 11) is 1.87. The summed E-state index contributed by atoms with van der Waals surface area (Å²) in [5, 5.41) is 1.96. The second-order valence-corrected chi connectivity index (χ2v) is 7.68. The molecule has 1 aliphatic heterocycles. The van der Waals surface area contributed by atoms with Crippen molar-refractivity contribution >= 4 is 16.7 Å². The number of hydrogen-bond donors (Lipinski definition) is 0. The number of aromatic nitrogens is 1. The number of hydrogen-bond acceptors (Lipinski definition) is 5. The van der Waals surface area contributed by atoms with Crippen LogP contribution in [0.15, 0.2) is 54.7 Å². The Kier molecular flexibility index (Phi) is 6.79. The minimum atomic E-state index is 0.0345. The Balaban J connectivity index is 1.63. The molecule has 0 N–H and O–H groups in total. The molecule has 1 fully saturated rings. The molecule has 1 amide bonds. The van der Waals surface area contributed by atoms with E-state index >= 15 is 0 Å². The van der Waals surface area contributed by atoms with E-state index in [9.17, 15) is 4.79 Å². The van der Waals surface area contributed by atoms with Gasteiger partial charge in [-0.15, -0.1) is 0 Å². The van der Waals surface area contributed by atoms with Crippen LogP contribution in [0.3, 0.4) is 0 Å². The first-order chi connectivity index (χ1) is 15.2. The molecule has 1 aliphatic rings. The first-order valence-corrected chi connectivity index (χ1v) is 10.8. The van der Waals surface area contributed by atoms with Gasteiger partial charge >= 0.3 is 0 Å². The molecule has 0 saturated carbocycles. The second-order valence-electron chi connectivity index (χ2n) is 7.68. The number of ether oxygens (including phenoxy) is 2. The Morgan fingerprint density at radius 2 is 1.84 bits per heavy atom. The van der Waals surface area contributed by atoms with Crippen LogP contribution >= 0.6 is 0 Å². The highest BCUT2D eigenvalue weighted by atomic mass is 16.5. The van der Waals surface area contributed by atoms with Crippen LogP contribution in [-0.2, 0) is 4.74 Å². The number of carbonyl (C=O) groups is 1. The molecule has 0 spiro atoms. The highest BCUT2D eigenvalue weighted by Gasteiger charge is 2.19. The molecule has 0 aliphatic carbocycles. The molecule has 1 saturated heterocycles.